The van der Waals surface area contributed by atoms with E-state index in [1.807, 2.05) is 6.92 Å². The average Bonchev–Trinajstić information content (AvgIpc) is 3.10. The van der Waals surface area contributed by atoms with E-state index >= 15 is 0 Å². The SMILES string of the molecule is CCCNC(=O)CN1CCC(NC(=O)C2CC(=O)N(c3ccccc3F)C2)CC1. The molecular formula is C21H29FN4O3. The number of benzene rings is 1. The smallest absolute Gasteiger partial charge is 0.234 e. The molecule has 158 valence electrons. The highest BCUT2D eigenvalue weighted by Crippen LogP contribution is 2.27. The van der Waals surface area contributed by atoms with Gasteiger partial charge in [0.2, 0.25) is 17.7 Å². The monoisotopic (exact) mass is 404 g/mol. The normalized spacial score (nSPS) is 20.7. The summed E-state index contributed by atoms with van der Waals surface area (Å²) in [5.74, 6) is -1.29. The number of nitrogens with zero attached hydrogens (tertiary/aromatic N) is 2. The lowest BCUT2D eigenvalue weighted by atomic mass is 10.0. The van der Waals surface area contributed by atoms with Gasteiger partial charge < -0.3 is 15.5 Å². The van der Waals surface area contributed by atoms with Crippen molar-refractivity contribution >= 4 is 23.4 Å². The maximum Gasteiger partial charge on any atom is 0.234 e. The molecule has 1 aromatic rings. The lowest BCUT2D eigenvalue weighted by Gasteiger charge is -2.32. The highest BCUT2D eigenvalue weighted by molar-refractivity contribution is 6.00. The molecule has 1 aromatic carbocycles. The van der Waals surface area contributed by atoms with Crippen molar-refractivity contribution in [2.75, 3.05) is 37.6 Å². The predicted octanol–water partition coefficient (Wildman–Crippen LogP) is 1.29. The largest absolute Gasteiger partial charge is 0.355 e. The predicted molar refractivity (Wildman–Crippen MR) is 108 cm³/mol. The van der Waals surface area contributed by atoms with Crippen LogP contribution in [-0.2, 0) is 14.4 Å². The van der Waals surface area contributed by atoms with Crippen LogP contribution in [0, 0.1) is 11.7 Å². The van der Waals surface area contributed by atoms with E-state index in [4.69, 9.17) is 0 Å². The number of amides is 3. The van der Waals surface area contributed by atoms with Gasteiger partial charge in [0, 0.05) is 38.6 Å². The van der Waals surface area contributed by atoms with Crippen molar-refractivity contribution in [3.63, 3.8) is 0 Å². The van der Waals surface area contributed by atoms with Crippen LogP contribution in [0.15, 0.2) is 24.3 Å². The van der Waals surface area contributed by atoms with Gasteiger partial charge in [0.25, 0.3) is 0 Å². The van der Waals surface area contributed by atoms with E-state index in [0.29, 0.717) is 13.1 Å². The van der Waals surface area contributed by atoms with Crippen molar-refractivity contribution in [1.82, 2.24) is 15.5 Å². The number of piperidine rings is 1. The Morgan fingerprint density at radius 2 is 1.93 bits per heavy atom. The number of likely N-dealkylation sites (tertiary alicyclic amines) is 1. The van der Waals surface area contributed by atoms with Crippen LogP contribution in [0.25, 0.3) is 0 Å². The lowest BCUT2D eigenvalue weighted by molar-refractivity contribution is -0.127. The van der Waals surface area contributed by atoms with Gasteiger partial charge in [-0.05, 0) is 31.4 Å². The fourth-order valence-electron chi connectivity index (χ4n) is 3.86. The van der Waals surface area contributed by atoms with Gasteiger partial charge in [-0.25, -0.2) is 4.39 Å². The summed E-state index contributed by atoms with van der Waals surface area (Å²) in [6.07, 6.45) is 2.55. The zero-order valence-corrected chi connectivity index (χ0v) is 16.8. The minimum atomic E-state index is -0.472. The maximum atomic E-state index is 14.0. The van der Waals surface area contributed by atoms with Crippen molar-refractivity contribution < 1.29 is 18.8 Å². The van der Waals surface area contributed by atoms with Crippen LogP contribution < -0.4 is 15.5 Å². The molecule has 0 bridgehead atoms. The van der Waals surface area contributed by atoms with Gasteiger partial charge >= 0.3 is 0 Å². The minimum absolute atomic E-state index is 0.0343. The van der Waals surface area contributed by atoms with Crippen LogP contribution in [-0.4, -0.2) is 61.4 Å². The van der Waals surface area contributed by atoms with Crippen molar-refractivity contribution in [3.05, 3.63) is 30.1 Å². The standard InChI is InChI=1S/C21H29FN4O3/c1-2-9-23-19(27)14-25-10-7-16(8-11-25)24-21(29)15-12-20(28)26(13-15)18-6-4-3-5-17(18)22/h3-6,15-16H,2,7-14H2,1H3,(H,23,27)(H,24,29). The summed E-state index contributed by atoms with van der Waals surface area (Å²) >= 11 is 0. The van der Waals surface area contributed by atoms with E-state index in [9.17, 15) is 18.8 Å². The summed E-state index contributed by atoms with van der Waals surface area (Å²) in [4.78, 5) is 40.2. The third kappa shape index (κ3) is 5.53. The number of halogens is 1. The molecule has 2 aliphatic heterocycles. The molecular weight excluding hydrogens is 375 g/mol. The molecule has 0 aliphatic carbocycles. The summed E-state index contributed by atoms with van der Waals surface area (Å²) < 4.78 is 14.0. The van der Waals surface area contributed by atoms with Crippen LogP contribution in [0.3, 0.4) is 0 Å². The molecule has 3 amide bonds. The first-order valence-electron chi connectivity index (χ1n) is 10.3. The highest BCUT2D eigenvalue weighted by Gasteiger charge is 2.37. The first-order valence-corrected chi connectivity index (χ1v) is 10.3. The summed E-state index contributed by atoms with van der Waals surface area (Å²) in [6.45, 7) is 4.78. The molecule has 8 heteroatoms. The van der Waals surface area contributed by atoms with E-state index in [1.165, 1.54) is 11.0 Å². The van der Waals surface area contributed by atoms with Crippen molar-refractivity contribution in [1.29, 1.82) is 0 Å². The van der Waals surface area contributed by atoms with Crippen LogP contribution in [0.4, 0.5) is 10.1 Å². The number of para-hydroxylation sites is 1. The number of nitrogens with one attached hydrogen (secondary N) is 2. The number of carbonyl (C=O) groups is 3. The first-order chi connectivity index (χ1) is 14.0. The van der Waals surface area contributed by atoms with E-state index < -0.39 is 11.7 Å². The number of anilines is 1. The Balaban J connectivity index is 1.45. The van der Waals surface area contributed by atoms with E-state index in [-0.39, 0.29) is 42.4 Å². The molecule has 0 aromatic heterocycles. The second kappa shape index (κ2) is 9.82. The second-order valence-electron chi connectivity index (χ2n) is 7.77. The van der Waals surface area contributed by atoms with Gasteiger partial charge in [-0.2, -0.15) is 0 Å². The Labute approximate surface area is 170 Å². The zero-order chi connectivity index (χ0) is 20.8. The number of rotatable bonds is 7. The fraction of sp³-hybridized carbons (Fsp3) is 0.571. The van der Waals surface area contributed by atoms with Crippen molar-refractivity contribution in [2.45, 2.75) is 38.6 Å². The second-order valence-corrected chi connectivity index (χ2v) is 7.77. The van der Waals surface area contributed by atoms with Gasteiger partial charge in [0.1, 0.15) is 5.82 Å². The lowest BCUT2D eigenvalue weighted by Crippen LogP contribution is -2.48. The molecule has 0 spiro atoms. The molecule has 7 nitrogen and oxygen atoms in total. The summed E-state index contributed by atoms with van der Waals surface area (Å²) in [6, 6.07) is 6.15. The summed E-state index contributed by atoms with van der Waals surface area (Å²) in [7, 11) is 0. The van der Waals surface area contributed by atoms with Crippen LogP contribution in [0.5, 0.6) is 0 Å². The third-order valence-electron chi connectivity index (χ3n) is 5.51. The molecule has 2 fully saturated rings. The Kier molecular flexibility index (Phi) is 7.19. The molecule has 2 saturated heterocycles. The van der Waals surface area contributed by atoms with E-state index in [2.05, 4.69) is 15.5 Å². The molecule has 1 unspecified atom stereocenters. The number of hydrogen-bond donors (Lipinski definition) is 2. The first kappa shape index (κ1) is 21.2. The Bertz CT molecular complexity index is 749. The highest BCUT2D eigenvalue weighted by atomic mass is 19.1. The van der Waals surface area contributed by atoms with Crippen molar-refractivity contribution in [2.24, 2.45) is 5.92 Å². The fourth-order valence-corrected chi connectivity index (χ4v) is 3.86. The molecule has 3 rings (SSSR count). The van der Waals surface area contributed by atoms with Gasteiger partial charge in [0.15, 0.2) is 0 Å². The molecule has 0 radical (unpaired) electrons. The molecule has 2 aliphatic rings. The van der Waals surface area contributed by atoms with Crippen LogP contribution >= 0.6 is 0 Å². The Morgan fingerprint density at radius 3 is 2.62 bits per heavy atom. The van der Waals surface area contributed by atoms with Crippen molar-refractivity contribution in [3.8, 4) is 0 Å². The molecule has 0 saturated carbocycles. The number of hydrogen-bond acceptors (Lipinski definition) is 4. The summed E-state index contributed by atoms with van der Waals surface area (Å²) in [5, 5.41) is 5.91. The average molecular weight is 404 g/mol. The quantitative estimate of drug-likeness (QED) is 0.718. The topological polar surface area (TPSA) is 81.8 Å². The summed E-state index contributed by atoms with van der Waals surface area (Å²) in [5.41, 5.74) is 0.224. The van der Waals surface area contributed by atoms with Gasteiger partial charge in [0.05, 0.1) is 18.2 Å². The minimum Gasteiger partial charge on any atom is -0.355 e. The Morgan fingerprint density at radius 1 is 1.21 bits per heavy atom. The third-order valence-corrected chi connectivity index (χ3v) is 5.51. The van der Waals surface area contributed by atoms with Crippen LogP contribution in [0.1, 0.15) is 32.6 Å². The van der Waals surface area contributed by atoms with E-state index in [0.717, 1.165) is 32.4 Å². The molecule has 2 heterocycles. The van der Waals surface area contributed by atoms with Gasteiger partial charge in [-0.15, -0.1) is 0 Å². The van der Waals surface area contributed by atoms with Crippen LogP contribution in [0.2, 0.25) is 0 Å². The Hall–Kier alpha value is -2.48. The zero-order valence-electron chi connectivity index (χ0n) is 16.8. The molecule has 1 atom stereocenters. The van der Waals surface area contributed by atoms with Gasteiger partial charge in [-0.3, -0.25) is 19.3 Å². The maximum absolute atomic E-state index is 14.0. The number of carbonyl (C=O) groups excluding carboxylic acids is 3. The molecule has 29 heavy (non-hydrogen) atoms. The molecule has 2 N–H and O–H groups in total. The van der Waals surface area contributed by atoms with E-state index in [1.54, 1.807) is 18.2 Å². The van der Waals surface area contributed by atoms with Gasteiger partial charge in [-0.1, -0.05) is 19.1 Å².